The van der Waals surface area contributed by atoms with Gasteiger partial charge in [-0.3, -0.25) is 9.59 Å². The molecule has 0 aliphatic rings. The van der Waals surface area contributed by atoms with Gasteiger partial charge >= 0.3 is 0 Å². The SMILES string of the molecule is CNC(=O)C(NC(=O)CCc1ncc(-c2ccc(F)cc2)o1)c1ccc(F)c(F)c1. The highest BCUT2D eigenvalue weighted by molar-refractivity contribution is 5.88. The molecule has 2 amide bonds. The maximum absolute atomic E-state index is 13.5. The number of likely N-dealkylation sites (N-methyl/N-ethyl adjacent to an activating group) is 1. The Kier molecular flexibility index (Phi) is 6.51. The van der Waals surface area contributed by atoms with Gasteiger partial charge < -0.3 is 15.1 Å². The van der Waals surface area contributed by atoms with Crippen molar-refractivity contribution < 1.29 is 27.2 Å². The summed E-state index contributed by atoms with van der Waals surface area (Å²) in [6.07, 6.45) is 1.56. The lowest BCUT2D eigenvalue weighted by molar-refractivity contribution is -0.128. The van der Waals surface area contributed by atoms with Crippen LogP contribution < -0.4 is 10.6 Å². The predicted octanol–water partition coefficient (Wildman–Crippen LogP) is 3.30. The topological polar surface area (TPSA) is 84.2 Å². The number of oxazole rings is 1. The molecule has 0 aliphatic heterocycles. The Hall–Kier alpha value is -3.62. The van der Waals surface area contributed by atoms with E-state index in [1.807, 2.05) is 0 Å². The van der Waals surface area contributed by atoms with Gasteiger partial charge in [0.2, 0.25) is 11.8 Å². The summed E-state index contributed by atoms with van der Waals surface area (Å²) in [6.45, 7) is 0. The zero-order valence-corrected chi connectivity index (χ0v) is 15.9. The van der Waals surface area contributed by atoms with E-state index >= 15 is 0 Å². The van der Waals surface area contributed by atoms with E-state index in [2.05, 4.69) is 15.6 Å². The molecule has 0 saturated carbocycles. The van der Waals surface area contributed by atoms with Gasteiger partial charge in [-0.1, -0.05) is 6.07 Å². The Morgan fingerprint density at radius 3 is 2.47 bits per heavy atom. The number of nitrogens with zero attached hydrogens (tertiary/aromatic N) is 1. The van der Waals surface area contributed by atoms with Crippen molar-refractivity contribution in [3.63, 3.8) is 0 Å². The number of carbonyl (C=O) groups is 2. The number of halogens is 3. The van der Waals surface area contributed by atoms with Crippen molar-refractivity contribution in [2.45, 2.75) is 18.9 Å². The summed E-state index contributed by atoms with van der Waals surface area (Å²) in [6, 6.07) is 7.46. The van der Waals surface area contributed by atoms with E-state index in [9.17, 15) is 22.8 Å². The molecule has 0 radical (unpaired) electrons. The molecule has 1 aromatic heterocycles. The summed E-state index contributed by atoms with van der Waals surface area (Å²) in [7, 11) is 1.37. The fraction of sp³-hybridized carbons (Fsp3) is 0.190. The Bertz CT molecular complexity index is 1050. The smallest absolute Gasteiger partial charge is 0.246 e. The van der Waals surface area contributed by atoms with Gasteiger partial charge in [0.1, 0.15) is 11.9 Å². The molecule has 30 heavy (non-hydrogen) atoms. The van der Waals surface area contributed by atoms with Crippen LogP contribution in [-0.2, 0) is 16.0 Å². The molecule has 0 bridgehead atoms. The minimum atomic E-state index is -1.18. The van der Waals surface area contributed by atoms with Crippen molar-refractivity contribution in [1.29, 1.82) is 0 Å². The van der Waals surface area contributed by atoms with E-state index in [4.69, 9.17) is 4.42 Å². The number of nitrogens with one attached hydrogen (secondary N) is 2. The van der Waals surface area contributed by atoms with E-state index in [0.717, 1.165) is 12.1 Å². The fourth-order valence-electron chi connectivity index (χ4n) is 2.76. The summed E-state index contributed by atoms with van der Waals surface area (Å²) >= 11 is 0. The molecule has 2 N–H and O–H groups in total. The number of aryl methyl sites for hydroxylation is 1. The monoisotopic (exact) mass is 417 g/mol. The molecule has 9 heteroatoms. The van der Waals surface area contributed by atoms with Crippen molar-refractivity contribution in [1.82, 2.24) is 15.6 Å². The zero-order valence-electron chi connectivity index (χ0n) is 15.9. The van der Waals surface area contributed by atoms with Gasteiger partial charge in [0.15, 0.2) is 23.3 Å². The lowest BCUT2D eigenvalue weighted by Crippen LogP contribution is -2.39. The molecule has 6 nitrogen and oxygen atoms in total. The molecule has 0 saturated heterocycles. The summed E-state index contributed by atoms with van der Waals surface area (Å²) in [4.78, 5) is 28.5. The molecule has 1 heterocycles. The molecule has 3 rings (SSSR count). The van der Waals surface area contributed by atoms with Crippen molar-refractivity contribution in [3.05, 3.63) is 77.6 Å². The van der Waals surface area contributed by atoms with Crippen LogP contribution in [0.3, 0.4) is 0 Å². The number of aromatic nitrogens is 1. The van der Waals surface area contributed by atoms with Crippen LogP contribution in [0.15, 0.2) is 53.1 Å². The molecule has 156 valence electrons. The van der Waals surface area contributed by atoms with Crippen LogP contribution in [0.2, 0.25) is 0 Å². The van der Waals surface area contributed by atoms with Gasteiger partial charge in [0.05, 0.1) is 6.20 Å². The first-order chi connectivity index (χ1) is 14.4. The van der Waals surface area contributed by atoms with Crippen LogP contribution in [0.25, 0.3) is 11.3 Å². The Morgan fingerprint density at radius 2 is 1.80 bits per heavy atom. The number of hydrogen-bond acceptors (Lipinski definition) is 4. The molecule has 1 atom stereocenters. The van der Waals surface area contributed by atoms with Gasteiger partial charge in [-0.2, -0.15) is 0 Å². The van der Waals surface area contributed by atoms with Gasteiger partial charge in [0, 0.05) is 25.5 Å². The third kappa shape index (κ3) is 5.05. The third-order valence-corrected chi connectivity index (χ3v) is 4.34. The second-order valence-electron chi connectivity index (χ2n) is 6.41. The van der Waals surface area contributed by atoms with Crippen LogP contribution in [0, 0.1) is 17.5 Å². The molecular weight excluding hydrogens is 399 g/mol. The maximum atomic E-state index is 13.5. The summed E-state index contributed by atoms with van der Waals surface area (Å²) in [5.74, 6) is -2.92. The highest BCUT2D eigenvalue weighted by Crippen LogP contribution is 2.21. The largest absolute Gasteiger partial charge is 0.441 e. The third-order valence-electron chi connectivity index (χ3n) is 4.34. The quantitative estimate of drug-likeness (QED) is 0.618. The van der Waals surface area contributed by atoms with Crippen LogP contribution in [0.5, 0.6) is 0 Å². The van der Waals surface area contributed by atoms with Gasteiger partial charge in [0.25, 0.3) is 0 Å². The number of rotatable bonds is 7. The first-order valence-corrected chi connectivity index (χ1v) is 9.04. The van der Waals surface area contributed by atoms with Crippen LogP contribution in [0.1, 0.15) is 23.9 Å². The van der Waals surface area contributed by atoms with Gasteiger partial charge in [-0.15, -0.1) is 0 Å². The number of carbonyl (C=O) groups excluding carboxylic acids is 2. The Balaban J connectivity index is 1.64. The summed E-state index contributed by atoms with van der Waals surface area (Å²) in [5, 5.41) is 4.87. The number of amides is 2. The van der Waals surface area contributed by atoms with E-state index in [1.54, 1.807) is 12.1 Å². The first kappa shape index (κ1) is 21.1. The first-order valence-electron chi connectivity index (χ1n) is 9.04. The zero-order chi connectivity index (χ0) is 21.7. The highest BCUT2D eigenvalue weighted by atomic mass is 19.2. The van der Waals surface area contributed by atoms with Crippen LogP contribution in [0.4, 0.5) is 13.2 Å². The van der Waals surface area contributed by atoms with Crippen LogP contribution >= 0.6 is 0 Å². The van der Waals surface area contributed by atoms with Gasteiger partial charge in [-0.05, 0) is 42.0 Å². The lowest BCUT2D eigenvalue weighted by Gasteiger charge is -2.17. The standard InChI is InChI=1S/C21H18F3N3O3/c1-25-21(29)20(13-4-7-15(23)16(24)10-13)27-18(28)8-9-19-26-11-17(30-19)12-2-5-14(22)6-3-12/h2-7,10-11,20H,8-9H2,1H3,(H,25,29)(H,27,28). The Labute approximate surface area is 170 Å². The molecule has 0 fully saturated rings. The average molecular weight is 417 g/mol. The van der Waals surface area contributed by atoms with E-state index < -0.39 is 29.5 Å². The molecular formula is C21H18F3N3O3. The van der Waals surface area contributed by atoms with Crippen molar-refractivity contribution in [3.8, 4) is 11.3 Å². The average Bonchev–Trinajstić information content (AvgIpc) is 3.21. The van der Waals surface area contributed by atoms with Crippen molar-refractivity contribution >= 4 is 11.8 Å². The van der Waals surface area contributed by atoms with E-state index in [1.165, 1.54) is 31.4 Å². The highest BCUT2D eigenvalue weighted by Gasteiger charge is 2.23. The lowest BCUT2D eigenvalue weighted by atomic mass is 10.1. The summed E-state index contributed by atoms with van der Waals surface area (Å²) in [5.41, 5.74) is 0.744. The summed E-state index contributed by atoms with van der Waals surface area (Å²) < 4.78 is 45.3. The fourth-order valence-corrected chi connectivity index (χ4v) is 2.76. The number of hydrogen-bond donors (Lipinski definition) is 2. The van der Waals surface area contributed by atoms with Gasteiger partial charge in [-0.25, -0.2) is 18.2 Å². The van der Waals surface area contributed by atoms with Crippen LogP contribution in [-0.4, -0.2) is 23.8 Å². The minimum Gasteiger partial charge on any atom is -0.441 e. The number of benzene rings is 2. The molecule has 3 aromatic rings. The molecule has 2 aromatic carbocycles. The molecule has 0 aliphatic carbocycles. The molecule has 0 spiro atoms. The van der Waals surface area contributed by atoms with Crippen molar-refractivity contribution in [2.24, 2.45) is 0 Å². The second kappa shape index (κ2) is 9.25. The predicted molar refractivity (Wildman–Crippen MR) is 102 cm³/mol. The molecule has 1 unspecified atom stereocenters. The maximum Gasteiger partial charge on any atom is 0.246 e. The van der Waals surface area contributed by atoms with Crippen molar-refractivity contribution in [2.75, 3.05) is 7.05 Å². The second-order valence-corrected chi connectivity index (χ2v) is 6.41. The Morgan fingerprint density at radius 1 is 1.07 bits per heavy atom. The van der Waals surface area contributed by atoms with E-state index in [0.29, 0.717) is 11.3 Å². The minimum absolute atomic E-state index is 0.0550. The van der Waals surface area contributed by atoms with E-state index in [-0.39, 0.29) is 30.1 Å². The normalized spacial score (nSPS) is 11.7.